The van der Waals surface area contributed by atoms with E-state index in [4.69, 9.17) is 10.2 Å². The second-order valence-electron chi connectivity index (χ2n) is 7.50. The molecule has 0 saturated carbocycles. The Bertz CT molecular complexity index is 1400. The van der Waals surface area contributed by atoms with Crippen LogP contribution in [0, 0.1) is 11.6 Å². The van der Waals surface area contributed by atoms with Gasteiger partial charge in [0.1, 0.15) is 29.3 Å². The average molecular weight is 467 g/mol. The van der Waals surface area contributed by atoms with E-state index in [1.165, 1.54) is 41.4 Å². The number of aromatic nitrogens is 4. The highest BCUT2D eigenvalue weighted by molar-refractivity contribution is 5.99. The van der Waals surface area contributed by atoms with Crippen LogP contribution in [0.3, 0.4) is 0 Å². The number of nitrogen functional groups attached to an aromatic ring is 1. The van der Waals surface area contributed by atoms with Gasteiger partial charge in [0.05, 0.1) is 12.8 Å². The summed E-state index contributed by atoms with van der Waals surface area (Å²) in [7, 11) is 1.54. The van der Waals surface area contributed by atoms with Crippen molar-refractivity contribution in [3.63, 3.8) is 0 Å². The third kappa shape index (κ3) is 4.33. The molecule has 1 unspecified atom stereocenters. The number of aliphatic hydroxyl groups is 1. The molecule has 11 heteroatoms. The van der Waals surface area contributed by atoms with Gasteiger partial charge in [0.25, 0.3) is 0 Å². The molecular weight excluding hydrogens is 448 g/mol. The maximum atomic E-state index is 14.2. The zero-order valence-corrected chi connectivity index (χ0v) is 17.9. The Morgan fingerprint density at radius 2 is 1.91 bits per heavy atom. The number of anilines is 1. The lowest BCUT2D eigenvalue weighted by atomic mass is 9.92. The van der Waals surface area contributed by atoms with E-state index in [1.807, 2.05) is 0 Å². The summed E-state index contributed by atoms with van der Waals surface area (Å²) in [5, 5.41) is 9.75. The Morgan fingerprint density at radius 1 is 1.18 bits per heavy atom. The summed E-state index contributed by atoms with van der Waals surface area (Å²) in [6.07, 6.45) is 3.74. The van der Waals surface area contributed by atoms with Crippen molar-refractivity contribution in [3.05, 3.63) is 82.2 Å². The van der Waals surface area contributed by atoms with E-state index in [-0.39, 0.29) is 34.3 Å². The number of ketones is 1. The first-order valence-corrected chi connectivity index (χ1v) is 10.1. The fourth-order valence-corrected chi connectivity index (χ4v) is 3.56. The maximum absolute atomic E-state index is 14.2. The van der Waals surface area contributed by atoms with Crippen molar-refractivity contribution in [1.82, 2.24) is 19.5 Å². The van der Waals surface area contributed by atoms with E-state index in [9.17, 15) is 23.5 Å². The Morgan fingerprint density at radius 3 is 2.53 bits per heavy atom. The van der Waals surface area contributed by atoms with Crippen LogP contribution >= 0.6 is 0 Å². The van der Waals surface area contributed by atoms with Crippen molar-refractivity contribution in [2.75, 3.05) is 12.3 Å². The molecule has 34 heavy (non-hydrogen) atoms. The van der Waals surface area contributed by atoms with Crippen LogP contribution in [-0.2, 0) is 7.05 Å². The number of carbonyl (C=O) groups excluding carboxylic acids is 1. The molecule has 9 nitrogen and oxygen atoms in total. The number of carbonyl (C=O) groups is 1. The average Bonchev–Trinajstić information content (AvgIpc) is 3.34. The number of Topliss-reactive ketones (excluding diaryl/α,β-unsaturated/α-hetero) is 1. The summed E-state index contributed by atoms with van der Waals surface area (Å²) in [5.41, 5.74) is 5.81. The van der Waals surface area contributed by atoms with Gasteiger partial charge >= 0.3 is 0 Å². The van der Waals surface area contributed by atoms with Crippen LogP contribution in [0.5, 0.6) is 0 Å². The van der Waals surface area contributed by atoms with Crippen molar-refractivity contribution in [2.45, 2.75) is 12.3 Å². The van der Waals surface area contributed by atoms with Gasteiger partial charge < -0.3 is 19.8 Å². The largest absolute Gasteiger partial charge is 0.443 e. The molecule has 0 radical (unpaired) electrons. The molecule has 0 aliphatic heterocycles. The minimum Gasteiger partial charge on any atom is -0.443 e. The van der Waals surface area contributed by atoms with Gasteiger partial charge in [-0.05, 0) is 18.2 Å². The lowest BCUT2D eigenvalue weighted by Gasteiger charge is -2.16. The molecule has 0 aliphatic rings. The van der Waals surface area contributed by atoms with Gasteiger partial charge in [-0.2, -0.15) is 0 Å². The van der Waals surface area contributed by atoms with E-state index in [2.05, 4.69) is 15.0 Å². The van der Waals surface area contributed by atoms with E-state index in [0.717, 1.165) is 12.1 Å². The first-order valence-electron chi connectivity index (χ1n) is 10.1. The van der Waals surface area contributed by atoms with Crippen molar-refractivity contribution in [3.8, 4) is 22.8 Å². The van der Waals surface area contributed by atoms with Gasteiger partial charge in [0.15, 0.2) is 17.3 Å². The molecule has 3 heterocycles. The van der Waals surface area contributed by atoms with Gasteiger partial charge in [-0.25, -0.2) is 23.7 Å². The molecule has 4 rings (SSSR count). The molecule has 0 amide bonds. The number of hydrogen-bond acceptors (Lipinski definition) is 8. The molecule has 0 spiro atoms. The number of pyridine rings is 1. The number of nitrogens with zero attached hydrogens (tertiary/aromatic N) is 4. The maximum Gasteiger partial charge on any atom is 0.250 e. The number of oxazole rings is 1. The monoisotopic (exact) mass is 467 g/mol. The first-order chi connectivity index (χ1) is 16.3. The van der Waals surface area contributed by atoms with Crippen molar-refractivity contribution < 1.29 is 23.1 Å². The van der Waals surface area contributed by atoms with E-state index in [0.29, 0.717) is 5.56 Å². The number of rotatable bonds is 7. The molecule has 0 bridgehead atoms. The van der Waals surface area contributed by atoms with Gasteiger partial charge in [0, 0.05) is 42.8 Å². The number of aryl methyl sites for hydroxylation is 1. The van der Waals surface area contributed by atoms with Crippen LogP contribution in [0.4, 0.5) is 14.6 Å². The first kappa shape index (κ1) is 22.9. The second kappa shape index (κ2) is 9.32. The van der Waals surface area contributed by atoms with Crippen molar-refractivity contribution >= 4 is 11.6 Å². The molecule has 1 atom stereocenters. The summed E-state index contributed by atoms with van der Waals surface area (Å²) in [6.45, 7) is -0.682. The van der Waals surface area contributed by atoms with E-state index in [1.54, 1.807) is 7.05 Å². The fourth-order valence-electron chi connectivity index (χ4n) is 3.56. The zero-order valence-electron chi connectivity index (χ0n) is 17.9. The van der Waals surface area contributed by atoms with Crippen LogP contribution in [0.1, 0.15) is 28.4 Å². The summed E-state index contributed by atoms with van der Waals surface area (Å²) >= 11 is 0. The highest BCUT2D eigenvalue weighted by Crippen LogP contribution is 2.31. The lowest BCUT2D eigenvalue weighted by molar-refractivity contribution is 0.0954. The Kier molecular flexibility index (Phi) is 6.28. The molecule has 0 fully saturated rings. The number of hydrogen-bond donors (Lipinski definition) is 2. The zero-order chi connectivity index (χ0) is 24.4. The van der Waals surface area contributed by atoms with Gasteiger partial charge in [-0.3, -0.25) is 9.59 Å². The number of aliphatic hydroxyl groups excluding tert-OH is 1. The molecule has 3 N–H and O–H groups in total. The molecule has 4 aromatic rings. The molecule has 0 aliphatic carbocycles. The predicted octanol–water partition coefficient (Wildman–Crippen LogP) is 2.71. The number of halogens is 2. The van der Waals surface area contributed by atoms with E-state index < -0.39 is 41.9 Å². The quantitative estimate of drug-likeness (QED) is 0.396. The van der Waals surface area contributed by atoms with Crippen LogP contribution in [0.15, 0.2) is 58.2 Å². The van der Waals surface area contributed by atoms with Crippen LogP contribution in [0.2, 0.25) is 0 Å². The molecule has 174 valence electrons. The van der Waals surface area contributed by atoms with Gasteiger partial charge in [0.2, 0.25) is 11.4 Å². The second-order valence-corrected chi connectivity index (χ2v) is 7.50. The molecule has 0 saturated heterocycles. The SMILES string of the molecule is Cn1cc(-c2nc(C(=O)CC(CO)c3c(F)cccc3F)c(N)nc2-c2ncco2)ccc1=O. The molecule has 1 aromatic carbocycles. The standard InChI is InChI=1S/C23H19F2N5O4/c1-30-10-12(5-6-17(30)33)19-21(23-27-7-8-34-23)29-22(26)20(28-19)16(32)9-13(11-31)18-14(24)3-2-4-15(18)25/h2-8,10,13,31H,9,11H2,1H3,(H2,26,29). The minimum atomic E-state index is -1.16. The van der Waals surface area contributed by atoms with Crippen LogP contribution in [0.25, 0.3) is 22.8 Å². The van der Waals surface area contributed by atoms with Gasteiger partial charge in [-0.1, -0.05) is 6.07 Å². The third-order valence-electron chi connectivity index (χ3n) is 5.24. The minimum absolute atomic E-state index is 0.0868. The molecular formula is C23H19F2N5O4. The number of benzene rings is 1. The lowest BCUT2D eigenvalue weighted by Crippen LogP contribution is -2.18. The van der Waals surface area contributed by atoms with Crippen molar-refractivity contribution in [1.29, 1.82) is 0 Å². The summed E-state index contributed by atoms with van der Waals surface area (Å²) in [6, 6.07) is 6.09. The number of nitrogens with two attached hydrogens (primary N) is 1. The fraction of sp³-hybridized carbons (Fsp3) is 0.174. The highest BCUT2D eigenvalue weighted by atomic mass is 19.1. The molecule has 3 aromatic heterocycles. The highest BCUT2D eigenvalue weighted by Gasteiger charge is 2.27. The van der Waals surface area contributed by atoms with Gasteiger partial charge in [-0.15, -0.1) is 0 Å². The van der Waals surface area contributed by atoms with Crippen LogP contribution in [-0.4, -0.2) is 37.0 Å². The topological polar surface area (TPSA) is 137 Å². The Balaban J connectivity index is 1.79. The smallest absolute Gasteiger partial charge is 0.250 e. The normalized spacial score (nSPS) is 12.0. The van der Waals surface area contributed by atoms with E-state index >= 15 is 0 Å². The summed E-state index contributed by atoms with van der Waals surface area (Å²) < 4.78 is 35.1. The summed E-state index contributed by atoms with van der Waals surface area (Å²) in [5.74, 6) is -3.77. The van der Waals surface area contributed by atoms with Crippen LogP contribution < -0.4 is 11.3 Å². The Hall–Kier alpha value is -4.25. The van der Waals surface area contributed by atoms with Crippen molar-refractivity contribution in [2.24, 2.45) is 7.05 Å². The third-order valence-corrected chi connectivity index (χ3v) is 5.24. The predicted molar refractivity (Wildman–Crippen MR) is 118 cm³/mol. The summed E-state index contributed by atoms with van der Waals surface area (Å²) in [4.78, 5) is 37.6. The Labute approximate surface area is 191 Å².